The van der Waals surface area contributed by atoms with Gasteiger partial charge in [0.2, 0.25) is 11.8 Å². The van der Waals surface area contributed by atoms with Gasteiger partial charge >= 0.3 is 0 Å². The van der Waals surface area contributed by atoms with Crippen molar-refractivity contribution in [3.8, 4) is 17.2 Å². The van der Waals surface area contributed by atoms with E-state index in [0.717, 1.165) is 17.6 Å². The maximum absolute atomic E-state index is 14.0. The molecule has 1 heterocycles. The molecule has 9 heteroatoms. The number of hydrogen-bond acceptors (Lipinski definition) is 7. The molecule has 0 saturated carbocycles. The van der Waals surface area contributed by atoms with Gasteiger partial charge in [0.15, 0.2) is 11.6 Å². The first-order valence-electron chi connectivity index (χ1n) is 13.5. The van der Waals surface area contributed by atoms with Crippen LogP contribution in [0.25, 0.3) is 0 Å². The number of phenolic OH excluding ortho intramolecular Hbond substituents is 1. The van der Waals surface area contributed by atoms with Crippen LogP contribution in [0.15, 0.2) is 69.8 Å². The van der Waals surface area contributed by atoms with E-state index in [0.29, 0.717) is 23.4 Å². The lowest BCUT2D eigenvalue weighted by Gasteiger charge is -2.42. The smallest absolute Gasteiger partial charge is 0.238 e. The molecule has 0 aromatic heterocycles. The maximum atomic E-state index is 14.0. The number of rotatable bonds is 5. The number of phenols is 1. The lowest BCUT2D eigenvalue weighted by molar-refractivity contribution is -0.123. The molecule has 210 valence electrons. The summed E-state index contributed by atoms with van der Waals surface area (Å²) in [5.74, 6) is -3.51. The summed E-state index contributed by atoms with van der Waals surface area (Å²) in [4.78, 5) is 55.9. The average Bonchev–Trinajstić information content (AvgIpc) is 3.24. The van der Waals surface area contributed by atoms with Crippen molar-refractivity contribution in [3.05, 3.63) is 80.9 Å². The monoisotopic (exact) mass is 617 g/mol. The van der Waals surface area contributed by atoms with Gasteiger partial charge in [0.25, 0.3) is 0 Å². The van der Waals surface area contributed by atoms with Crippen molar-refractivity contribution in [2.45, 2.75) is 32.1 Å². The Bertz CT molecular complexity index is 1620. The van der Waals surface area contributed by atoms with Crippen LogP contribution in [0, 0.1) is 17.8 Å². The Balaban J connectivity index is 1.51. The zero-order valence-electron chi connectivity index (χ0n) is 22.8. The van der Waals surface area contributed by atoms with Gasteiger partial charge in [-0.3, -0.25) is 24.1 Å². The number of anilines is 1. The summed E-state index contributed by atoms with van der Waals surface area (Å²) in [5.41, 5.74) is 3.18. The van der Waals surface area contributed by atoms with Crippen LogP contribution in [0.5, 0.6) is 17.2 Å². The summed E-state index contributed by atoms with van der Waals surface area (Å²) in [6.45, 7) is 2.03. The number of ether oxygens (including phenoxy) is 2. The van der Waals surface area contributed by atoms with Crippen molar-refractivity contribution in [3.63, 3.8) is 0 Å². The number of benzene rings is 2. The standard InChI is InChI=1S/C32H28BrNO7/c1-4-15-5-7-16(8-6-15)34-31(38)19-10-9-18-20(26(19)32(34)39)13-21-27(24(36)14-22(33)30(21)37)28(18)29-23(35)11-17(40-2)12-25(29)41-3/h5-9,11-12,14,19-20,26,28,35H,4,10,13H2,1-3H3. The number of fused-ring (bicyclic) bond motifs is 3. The van der Waals surface area contributed by atoms with Crippen LogP contribution in [-0.2, 0) is 25.6 Å². The second-order valence-electron chi connectivity index (χ2n) is 10.7. The van der Waals surface area contributed by atoms with Crippen molar-refractivity contribution < 1.29 is 33.8 Å². The number of aryl methyl sites for hydroxylation is 1. The summed E-state index contributed by atoms with van der Waals surface area (Å²) < 4.78 is 11.1. The molecule has 4 atom stereocenters. The Kier molecular flexibility index (Phi) is 6.72. The highest BCUT2D eigenvalue weighted by atomic mass is 79.9. The lowest BCUT2D eigenvalue weighted by Crippen LogP contribution is -2.39. The fraction of sp³-hybridized carbons (Fsp3) is 0.312. The Morgan fingerprint density at radius 3 is 2.39 bits per heavy atom. The van der Waals surface area contributed by atoms with Crippen LogP contribution in [0.4, 0.5) is 5.69 Å². The molecule has 4 aliphatic rings. The SMILES string of the molecule is CCc1ccc(N2C(=O)C3CC=C4C(c5c(O)cc(OC)cc5OC)C5=C(CC4C3C2=O)C(=O)C(Br)=CC5=O)cc1. The molecular weight excluding hydrogens is 590 g/mol. The summed E-state index contributed by atoms with van der Waals surface area (Å²) >= 11 is 3.23. The number of methoxy groups -OCH3 is 2. The summed E-state index contributed by atoms with van der Waals surface area (Å²) in [6, 6.07) is 10.4. The van der Waals surface area contributed by atoms with Gasteiger partial charge in [0.1, 0.15) is 17.2 Å². The number of allylic oxidation sites excluding steroid dienone is 6. The number of ketones is 2. The number of nitrogens with zero attached hydrogens (tertiary/aromatic N) is 1. The molecule has 1 saturated heterocycles. The quantitative estimate of drug-likeness (QED) is 0.287. The summed E-state index contributed by atoms with van der Waals surface area (Å²) in [6.07, 6.45) is 4.42. The number of aromatic hydroxyl groups is 1. The van der Waals surface area contributed by atoms with Crippen molar-refractivity contribution >= 4 is 45.0 Å². The largest absolute Gasteiger partial charge is 0.507 e. The van der Waals surface area contributed by atoms with E-state index in [-0.39, 0.29) is 56.9 Å². The van der Waals surface area contributed by atoms with Gasteiger partial charge in [-0.05, 0) is 58.8 Å². The third kappa shape index (κ3) is 4.09. The predicted octanol–water partition coefficient (Wildman–Crippen LogP) is 4.94. The molecule has 6 rings (SSSR count). The molecule has 1 fully saturated rings. The zero-order chi connectivity index (χ0) is 29.2. The van der Waals surface area contributed by atoms with E-state index in [2.05, 4.69) is 15.9 Å². The number of carbonyl (C=O) groups is 4. The maximum Gasteiger partial charge on any atom is 0.238 e. The molecule has 0 spiro atoms. The Morgan fingerprint density at radius 2 is 1.73 bits per heavy atom. The molecule has 0 radical (unpaired) electrons. The van der Waals surface area contributed by atoms with E-state index >= 15 is 0 Å². The molecule has 8 nitrogen and oxygen atoms in total. The number of Topliss-reactive ketones (excluding diaryl/α,β-unsaturated/α-hetero) is 1. The molecule has 2 amide bonds. The molecule has 0 bridgehead atoms. The summed E-state index contributed by atoms with van der Waals surface area (Å²) in [7, 11) is 2.91. The summed E-state index contributed by atoms with van der Waals surface area (Å²) in [5, 5.41) is 11.2. The van der Waals surface area contributed by atoms with E-state index < -0.39 is 23.7 Å². The van der Waals surface area contributed by atoms with E-state index in [1.165, 1.54) is 31.3 Å². The molecule has 2 aromatic carbocycles. The second kappa shape index (κ2) is 10.1. The van der Waals surface area contributed by atoms with Crippen molar-refractivity contribution in [2.75, 3.05) is 19.1 Å². The van der Waals surface area contributed by atoms with Crippen molar-refractivity contribution in [2.24, 2.45) is 17.8 Å². The topological polar surface area (TPSA) is 110 Å². The first kappa shape index (κ1) is 27.2. The first-order chi connectivity index (χ1) is 19.7. The van der Waals surface area contributed by atoms with Crippen LogP contribution < -0.4 is 14.4 Å². The molecular formula is C32H28BrNO7. The fourth-order valence-corrected chi connectivity index (χ4v) is 7.28. The third-order valence-corrected chi connectivity index (χ3v) is 9.36. The van der Waals surface area contributed by atoms with Gasteiger partial charge < -0.3 is 14.6 Å². The Morgan fingerprint density at radius 1 is 1.00 bits per heavy atom. The number of halogens is 1. The molecule has 4 unspecified atom stereocenters. The lowest BCUT2D eigenvalue weighted by atomic mass is 9.59. The molecule has 1 N–H and O–H groups in total. The molecule has 2 aromatic rings. The number of hydrogen-bond donors (Lipinski definition) is 1. The predicted molar refractivity (Wildman–Crippen MR) is 154 cm³/mol. The van der Waals surface area contributed by atoms with Gasteiger partial charge in [-0.1, -0.05) is 30.7 Å². The van der Waals surface area contributed by atoms with Crippen LogP contribution in [0.3, 0.4) is 0 Å². The van der Waals surface area contributed by atoms with Gasteiger partial charge in [-0.2, -0.15) is 0 Å². The minimum absolute atomic E-state index is 0.132. The van der Waals surface area contributed by atoms with Crippen molar-refractivity contribution in [1.82, 2.24) is 0 Å². The fourth-order valence-electron chi connectivity index (χ4n) is 6.84. The highest BCUT2D eigenvalue weighted by Gasteiger charge is 2.57. The molecule has 3 aliphatic carbocycles. The van der Waals surface area contributed by atoms with E-state index in [1.54, 1.807) is 18.2 Å². The first-order valence-corrected chi connectivity index (χ1v) is 14.3. The van der Waals surface area contributed by atoms with Gasteiger partial charge in [-0.15, -0.1) is 0 Å². The van der Waals surface area contributed by atoms with E-state index in [9.17, 15) is 24.3 Å². The van der Waals surface area contributed by atoms with Crippen LogP contribution in [0.2, 0.25) is 0 Å². The Labute approximate surface area is 245 Å². The van der Waals surface area contributed by atoms with Crippen molar-refractivity contribution in [1.29, 1.82) is 0 Å². The zero-order valence-corrected chi connectivity index (χ0v) is 24.4. The number of amides is 2. The van der Waals surface area contributed by atoms with Crippen LogP contribution >= 0.6 is 15.9 Å². The highest BCUT2D eigenvalue weighted by molar-refractivity contribution is 9.12. The van der Waals surface area contributed by atoms with Crippen LogP contribution in [-0.4, -0.2) is 42.7 Å². The van der Waals surface area contributed by atoms with Gasteiger partial charge in [0, 0.05) is 40.8 Å². The highest BCUT2D eigenvalue weighted by Crippen LogP contribution is 2.58. The number of imide groups is 1. The molecule has 1 aliphatic heterocycles. The normalized spacial score (nSPS) is 25.4. The van der Waals surface area contributed by atoms with Gasteiger partial charge in [-0.25, -0.2) is 0 Å². The third-order valence-electron chi connectivity index (χ3n) is 8.77. The van der Waals surface area contributed by atoms with Crippen LogP contribution in [0.1, 0.15) is 36.8 Å². The van der Waals surface area contributed by atoms with E-state index in [1.807, 2.05) is 25.1 Å². The van der Waals surface area contributed by atoms with Gasteiger partial charge in [0.05, 0.1) is 36.2 Å². The number of carbonyl (C=O) groups excluding carboxylic acids is 4. The Hall–Kier alpha value is -3.98. The average molecular weight is 618 g/mol. The molecule has 41 heavy (non-hydrogen) atoms. The second-order valence-corrected chi connectivity index (χ2v) is 11.5. The van der Waals surface area contributed by atoms with E-state index in [4.69, 9.17) is 9.47 Å². The minimum Gasteiger partial charge on any atom is -0.507 e. The minimum atomic E-state index is -0.848.